The highest BCUT2D eigenvalue weighted by atomic mass is 16.3. The minimum atomic E-state index is 0.309. The lowest BCUT2D eigenvalue weighted by atomic mass is 9.96. The lowest BCUT2D eigenvalue weighted by molar-refractivity contribution is 0.440. The molecule has 0 aromatic heterocycles. The maximum atomic E-state index is 10.6. The molecule has 0 aliphatic heterocycles. The molecule has 0 amide bonds. The number of hydrogen-bond acceptors (Lipinski definition) is 2. The Bertz CT molecular complexity index is 547. The fourth-order valence-electron chi connectivity index (χ4n) is 4.14. The summed E-state index contributed by atoms with van der Waals surface area (Å²) in [6.45, 7) is 4.79. The first-order valence-corrected chi connectivity index (χ1v) is 10.9. The van der Waals surface area contributed by atoms with Gasteiger partial charge in [0.25, 0.3) is 0 Å². The van der Waals surface area contributed by atoms with Crippen LogP contribution in [-0.2, 0) is 12.8 Å². The monoisotopic (exact) mass is 358 g/mol. The third-order valence-electron chi connectivity index (χ3n) is 6.91. The van der Waals surface area contributed by atoms with Gasteiger partial charge in [0.05, 0.1) is 0 Å². The molecule has 2 nitrogen and oxygen atoms in total. The number of phenolic OH excluding ortho intramolecular Hbond substituents is 2. The smallest absolute Gasteiger partial charge is 0.122 e. The molecule has 0 bridgehead atoms. The lowest BCUT2D eigenvalue weighted by Gasteiger charge is -2.12. The molecule has 0 saturated heterocycles. The molecule has 1 aromatic carbocycles. The molecule has 0 unspecified atom stereocenters. The number of aryl methyl sites for hydroxylation is 2. The Hall–Kier alpha value is -1.18. The van der Waals surface area contributed by atoms with E-state index in [-0.39, 0.29) is 0 Å². The normalized spacial score (nSPS) is 19.5. The molecule has 2 aliphatic carbocycles. The fourth-order valence-corrected chi connectivity index (χ4v) is 4.14. The molecule has 2 N–H and O–H groups in total. The molecule has 2 aliphatic rings. The van der Waals surface area contributed by atoms with Crippen LogP contribution in [0.1, 0.15) is 102 Å². The molecule has 2 fully saturated rings. The van der Waals surface area contributed by atoms with E-state index in [1.54, 1.807) is 12.1 Å². The predicted octanol–water partition coefficient (Wildman–Crippen LogP) is 6.90. The van der Waals surface area contributed by atoms with E-state index in [2.05, 4.69) is 13.8 Å². The number of hydrogen-bond donors (Lipinski definition) is 2. The summed E-state index contributed by atoms with van der Waals surface area (Å²) in [5.74, 6) is 0.745. The summed E-state index contributed by atoms with van der Waals surface area (Å²) in [7, 11) is 0. The number of aromatic hydroxyl groups is 2. The van der Waals surface area contributed by atoms with Gasteiger partial charge in [-0.1, -0.05) is 39.5 Å². The zero-order valence-corrected chi connectivity index (χ0v) is 16.9. The topological polar surface area (TPSA) is 40.5 Å². The van der Waals surface area contributed by atoms with Crippen molar-refractivity contribution in [2.24, 2.45) is 10.8 Å². The Morgan fingerprint density at radius 1 is 0.692 bits per heavy atom. The number of phenols is 2. The van der Waals surface area contributed by atoms with Crippen LogP contribution < -0.4 is 0 Å². The molecular weight excluding hydrogens is 320 g/mol. The summed E-state index contributed by atoms with van der Waals surface area (Å²) in [5.41, 5.74) is 3.17. The molecule has 146 valence electrons. The van der Waals surface area contributed by atoms with E-state index in [1.165, 1.54) is 64.2 Å². The standard InChI is InChI=1S/C24H38O2/c1-23(13-14-23)11-7-3-5-9-19-17-21(25)18-20(22(19)26)10-6-4-8-12-24(2)15-16-24/h17-18,25-26H,3-16H2,1-2H3. The molecule has 1 aromatic rings. The summed E-state index contributed by atoms with van der Waals surface area (Å²) in [4.78, 5) is 0. The third kappa shape index (κ3) is 5.93. The lowest BCUT2D eigenvalue weighted by Crippen LogP contribution is -1.96. The van der Waals surface area contributed by atoms with Gasteiger partial charge in [0.2, 0.25) is 0 Å². The van der Waals surface area contributed by atoms with Gasteiger partial charge in [-0.15, -0.1) is 0 Å². The van der Waals surface area contributed by atoms with E-state index in [9.17, 15) is 10.2 Å². The highest BCUT2D eigenvalue weighted by molar-refractivity contribution is 5.46. The molecule has 0 heterocycles. The minimum absolute atomic E-state index is 0.309. The van der Waals surface area contributed by atoms with Gasteiger partial charge in [-0.3, -0.25) is 0 Å². The molecule has 0 spiro atoms. The van der Waals surface area contributed by atoms with Crippen molar-refractivity contribution in [2.45, 2.75) is 104 Å². The van der Waals surface area contributed by atoms with Gasteiger partial charge < -0.3 is 10.2 Å². The summed E-state index contributed by atoms with van der Waals surface area (Å²) >= 11 is 0. The van der Waals surface area contributed by atoms with Gasteiger partial charge in [-0.2, -0.15) is 0 Å². The van der Waals surface area contributed by atoms with Gasteiger partial charge >= 0.3 is 0 Å². The van der Waals surface area contributed by atoms with Crippen molar-refractivity contribution in [1.29, 1.82) is 0 Å². The van der Waals surface area contributed by atoms with Gasteiger partial charge in [0.15, 0.2) is 0 Å². The summed E-state index contributed by atoms with van der Waals surface area (Å²) < 4.78 is 0. The molecular formula is C24H38O2. The van der Waals surface area contributed by atoms with Crippen LogP contribution in [0.3, 0.4) is 0 Å². The second-order valence-corrected chi connectivity index (χ2v) is 9.86. The van der Waals surface area contributed by atoms with E-state index in [0.717, 1.165) is 36.8 Å². The van der Waals surface area contributed by atoms with Crippen LogP contribution in [0.25, 0.3) is 0 Å². The highest BCUT2D eigenvalue weighted by Crippen LogP contribution is 2.49. The van der Waals surface area contributed by atoms with Crippen molar-refractivity contribution < 1.29 is 10.2 Å². The van der Waals surface area contributed by atoms with E-state index >= 15 is 0 Å². The Labute approximate surface area is 160 Å². The number of benzene rings is 1. The second kappa shape index (κ2) is 8.23. The summed E-state index contributed by atoms with van der Waals surface area (Å²) in [6.07, 6.45) is 17.3. The average Bonchev–Trinajstić information content (AvgIpc) is 3.51. The first-order chi connectivity index (χ1) is 12.4. The van der Waals surface area contributed by atoms with Crippen molar-refractivity contribution in [2.75, 3.05) is 0 Å². The first-order valence-electron chi connectivity index (χ1n) is 10.9. The second-order valence-electron chi connectivity index (χ2n) is 9.86. The van der Waals surface area contributed by atoms with Crippen LogP contribution in [0.4, 0.5) is 0 Å². The summed E-state index contributed by atoms with van der Waals surface area (Å²) in [5, 5.41) is 20.6. The minimum Gasteiger partial charge on any atom is -0.508 e. The van der Waals surface area contributed by atoms with Crippen molar-refractivity contribution in [1.82, 2.24) is 0 Å². The highest BCUT2D eigenvalue weighted by Gasteiger charge is 2.36. The number of rotatable bonds is 12. The van der Waals surface area contributed by atoms with Gasteiger partial charge in [0, 0.05) is 0 Å². The van der Waals surface area contributed by atoms with Crippen LogP contribution >= 0.6 is 0 Å². The molecule has 2 heteroatoms. The van der Waals surface area contributed by atoms with Crippen LogP contribution in [0.5, 0.6) is 11.5 Å². The first kappa shape index (κ1) is 19.6. The van der Waals surface area contributed by atoms with Gasteiger partial charge in [0.1, 0.15) is 11.5 Å². The van der Waals surface area contributed by atoms with Crippen LogP contribution in [0, 0.1) is 10.8 Å². The Morgan fingerprint density at radius 3 is 1.50 bits per heavy atom. The maximum absolute atomic E-state index is 10.6. The van der Waals surface area contributed by atoms with Gasteiger partial charge in [-0.25, -0.2) is 0 Å². The van der Waals surface area contributed by atoms with Crippen LogP contribution in [0.15, 0.2) is 12.1 Å². The summed E-state index contributed by atoms with van der Waals surface area (Å²) in [6, 6.07) is 3.52. The largest absolute Gasteiger partial charge is 0.508 e. The zero-order valence-electron chi connectivity index (χ0n) is 16.9. The molecule has 3 rings (SSSR count). The van der Waals surface area contributed by atoms with Gasteiger partial charge in [-0.05, 0) is 98.3 Å². The van der Waals surface area contributed by atoms with E-state index < -0.39 is 0 Å². The van der Waals surface area contributed by atoms with Crippen LogP contribution in [-0.4, -0.2) is 10.2 Å². The Kier molecular flexibility index (Phi) is 6.20. The van der Waals surface area contributed by atoms with E-state index in [4.69, 9.17) is 0 Å². The number of unbranched alkanes of at least 4 members (excludes halogenated alkanes) is 4. The molecule has 0 atom stereocenters. The van der Waals surface area contributed by atoms with Crippen molar-refractivity contribution in [3.8, 4) is 11.5 Å². The molecule has 2 saturated carbocycles. The zero-order chi connectivity index (χ0) is 18.6. The Balaban J connectivity index is 1.39. The average molecular weight is 359 g/mol. The molecule has 0 radical (unpaired) electrons. The van der Waals surface area contributed by atoms with Crippen LogP contribution in [0.2, 0.25) is 0 Å². The van der Waals surface area contributed by atoms with E-state index in [0.29, 0.717) is 22.3 Å². The SMILES string of the molecule is CC1(CCCCCc2cc(O)cc(CCCCCC3(C)CC3)c2O)CC1. The third-order valence-corrected chi connectivity index (χ3v) is 6.91. The maximum Gasteiger partial charge on any atom is 0.122 e. The van der Waals surface area contributed by atoms with Crippen molar-refractivity contribution >= 4 is 0 Å². The van der Waals surface area contributed by atoms with Crippen molar-refractivity contribution in [3.63, 3.8) is 0 Å². The molecule has 26 heavy (non-hydrogen) atoms. The Morgan fingerprint density at radius 2 is 1.12 bits per heavy atom. The van der Waals surface area contributed by atoms with E-state index in [1.807, 2.05) is 0 Å². The predicted molar refractivity (Wildman–Crippen MR) is 109 cm³/mol. The quantitative estimate of drug-likeness (QED) is 0.315. The fraction of sp³-hybridized carbons (Fsp3) is 0.750. The van der Waals surface area contributed by atoms with Crippen molar-refractivity contribution in [3.05, 3.63) is 23.3 Å².